The number of hydrogen-bond donors (Lipinski definition) is 1. The first-order chi connectivity index (χ1) is 9.65. The molecule has 0 aliphatic rings. The van der Waals surface area contributed by atoms with Crippen LogP contribution in [0.4, 0.5) is 4.39 Å². The zero-order chi connectivity index (χ0) is 14.5. The molecule has 0 aliphatic heterocycles. The van der Waals surface area contributed by atoms with Gasteiger partial charge in [-0.1, -0.05) is 40.2 Å². The van der Waals surface area contributed by atoms with Gasteiger partial charge in [-0.2, -0.15) is 0 Å². The second-order valence-corrected chi connectivity index (χ2v) is 5.48. The van der Waals surface area contributed by atoms with Gasteiger partial charge in [0.1, 0.15) is 0 Å². The Balaban J connectivity index is 2.24. The van der Waals surface area contributed by atoms with Gasteiger partial charge in [0.15, 0.2) is 11.6 Å². The predicted molar refractivity (Wildman–Crippen MR) is 80.6 cm³/mol. The van der Waals surface area contributed by atoms with Crippen LogP contribution in [0, 0.1) is 5.82 Å². The lowest BCUT2D eigenvalue weighted by Gasteiger charge is -2.16. The highest BCUT2D eigenvalue weighted by molar-refractivity contribution is 9.10. The minimum atomic E-state index is -0.356. The molecule has 0 amide bonds. The Kier molecular flexibility index (Phi) is 5.15. The average Bonchev–Trinajstić information content (AvgIpc) is 2.47. The summed E-state index contributed by atoms with van der Waals surface area (Å²) in [5, 5.41) is 9.56. The van der Waals surface area contributed by atoms with Gasteiger partial charge >= 0.3 is 0 Å². The molecule has 1 N–H and O–H groups in total. The van der Waals surface area contributed by atoms with Crippen LogP contribution in [0.3, 0.4) is 0 Å². The Bertz CT molecular complexity index is 569. The van der Waals surface area contributed by atoms with Crippen molar-refractivity contribution in [3.63, 3.8) is 0 Å². The van der Waals surface area contributed by atoms with Crippen LogP contribution in [-0.4, -0.2) is 18.8 Å². The van der Waals surface area contributed by atoms with E-state index < -0.39 is 0 Å². The maximum Gasteiger partial charge on any atom is 0.168 e. The third-order valence-electron chi connectivity index (χ3n) is 3.29. The van der Waals surface area contributed by atoms with E-state index in [2.05, 4.69) is 15.9 Å². The largest absolute Gasteiger partial charge is 0.494 e. The first kappa shape index (κ1) is 15.0. The number of aliphatic hydroxyl groups excluding tert-OH is 1. The van der Waals surface area contributed by atoms with Crippen molar-refractivity contribution in [1.82, 2.24) is 0 Å². The van der Waals surface area contributed by atoms with Crippen molar-refractivity contribution < 1.29 is 14.2 Å². The van der Waals surface area contributed by atoms with Crippen LogP contribution in [0.2, 0.25) is 0 Å². The highest BCUT2D eigenvalue weighted by atomic mass is 79.9. The molecule has 1 atom stereocenters. The summed E-state index contributed by atoms with van der Waals surface area (Å²) in [6.45, 7) is -0.0295. The van der Waals surface area contributed by atoms with Gasteiger partial charge in [-0.05, 0) is 35.7 Å². The molecule has 0 spiro atoms. The SMILES string of the molecule is COc1cccc(CC(CO)c2ccc(Br)cc2)c1F. The summed E-state index contributed by atoms with van der Waals surface area (Å²) in [4.78, 5) is 0. The van der Waals surface area contributed by atoms with Crippen LogP contribution in [0.15, 0.2) is 46.9 Å². The third-order valence-corrected chi connectivity index (χ3v) is 3.82. The Morgan fingerprint density at radius 1 is 1.20 bits per heavy atom. The second-order valence-electron chi connectivity index (χ2n) is 4.57. The molecule has 0 heterocycles. The van der Waals surface area contributed by atoms with Crippen LogP contribution in [-0.2, 0) is 6.42 Å². The van der Waals surface area contributed by atoms with Crippen LogP contribution in [0.25, 0.3) is 0 Å². The van der Waals surface area contributed by atoms with Crippen molar-refractivity contribution in [2.45, 2.75) is 12.3 Å². The predicted octanol–water partition coefficient (Wildman–Crippen LogP) is 3.92. The van der Waals surface area contributed by atoms with Crippen molar-refractivity contribution in [2.24, 2.45) is 0 Å². The highest BCUT2D eigenvalue weighted by Crippen LogP contribution is 2.27. The van der Waals surface area contributed by atoms with Crippen LogP contribution in [0.1, 0.15) is 17.0 Å². The van der Waals surface area contributed by atoms with Crippen LogP contribution < -0.4 is 4.74 Å². The second kappa shape index (κ2) is 6.86. The number of hydrogen-bond acceptors (Lipinski definition) is 2. The molecule has 2 rings (SSSR count). The molecule has 0 radical (unpaired) electrons. The fourth-order valence-electron chi connectivity index (χ4n) is 2.16. The zero-order valence-electron chi connectivity index (χ0n) is 11.1. The van der Waals surface area contributed by atoms with Crippen molar-refractivity contribution in [2.75, 3.05) is 13.7 Å². The molecule has 0 saturated heterocycles. The molecule has 2 nitrogen and oxygen atoms in total. The van der Waals surface area contributed by atoms with E-state index in [1.165, 1.54) is 7.11 Å². The molecule has 106 valence electrons. The van der Waals surface area contributed by atoms with E-state index in [9.17, 15) is 9.50 Å². The maximum atomic E-state index is 14.1. The molecular weight excluding hydrogens is 323 g/mol. The Labute approximate surface area is 126 Å². The zero-order valence-corrected chi connectivity index (χ0v) is 12.7. The standard InChI is InChI=1S/C16H16BrFO2/c1-20-15-4-2-3-12(16(15)18)9-13(10-19)11-5-7-14(17)8-6-11/h2-8,13,19H,9-10H2,1H3. The molecule has 0 bridgehead atoms. The van der Waals surface area contributed by atoms with E-state index in [4.69, 9.17) is 4.74 Å². The van der Waals surface area contributed by atoms with Gasteiger partial charge in [-0.25, -0.2) is 4.39 Å². The minimum Gasteiger partial charge on any atom is -0.494 e. The van der Waals surface area contributed by atoms with E-state index in [1.54, 1.807) is 18.2 Å². The summed E-state index contributed by atoms with van der Waals surface area (Å²) >= 11 is 3.37. The first-order valence-electron chi connectivity index (χ1n) is 6.33. The molecule has 20 heavy (non-hydrogen) atoms. The first-order valence-corrected chi connectivity index (χ1v) is 7.12. The Hall–Kier alpha value is -1.39. The summed E-state index contributed by atoms with van der Waals surface area (Å²) in [7, 11) is 1.44. The Morgan fingerprint density at radius 3 is 2.50 bits per heavy atom. The van der Waals surface area contributed by atoms with Crippen LogP contribution >= 0.6 is 15.9 Å². The number of halogens is 2. The Morgan fingerprint density at radius 2 is 1.90 bits per heavy atom. The third kappa shape index (κ3) is 3.38. The quantitative estimate of drug-likeness (QED) is 0.895. The highest BCUT2D eigenvalue weighted by Gasteiger charge is 2.16. The van der Waals surface area contributed by atoms with Crippen molar-refractivity contribution >= 4 is 15.9 Å². The normalized spacial score (nSPS) is 12.2. The topological polar surface area (TPSA) is 29.5 Å². The molecule has 2 aromatic rings. The summed E-state index contributed by atoms with van der Waals surface area (Å²) in [6.07, 6.45) is 0.432. The van der Waals surface area contributed by atoms with E-state index in [1.807, 2.05) is 24.3 Å². The van der Waals surface area contributed by atoms with Crippen LogP contribution in [0.5, 0.6) is 5.75 Å². The van der Waals surface area contributed by atoms with Gasteiger partial charge in [-0.3, -0.25) is 0 Å². The van der Waals surface area contributed by atoms with Gasteiger partial charge in [0.2, 0.25) is 0 Å². The summed E-state index contributed by atoms with van der Waals surface area (Å²) in [5.41, 5.74) is 1.53. The van der Waals surface area contributed by atoms with Crippen molar-refractivity contribution in [3.8, 4) is 5.75 Å². The molecule has 0 fully saturated rings. The van der Waals surface area contributed by atoms with Gasteiger partial charge in [0, 0.05) is 10.4 Å². The number of methoxy groups -OCH3 is 1. The molecule has 0 aliphatic carbocycles. The molecular formula is C16H16BrFO2. The van der Waals surface area contributed by atoms with E-state index in [0.717, 1.165) is 10.0 Å². The number of aliphatic hydroxyl groups is 1. The summed E-state index contributed by atoms with van der Waals surface area (Å²) < 4.78 is 20.1. The lowest BCUT2D eigenvalue weighted by atomic mass is 9.92. The summed E-state index contributed by atoms with van der Waals surface area (Å²) in [5.74, 6) is -0.259. The number of ether oxygens (including phenoxy) is 1. The molecule has 2 aromatic carbocycles. The van der Waals surface area contributed by atoms with E-state index >= 15 is 0 Å². The lowest BCUT2D eigenvalue weighted by molar-refractivity contribution is 0.263. The number of benzene rings is 2. The molecule has 0 saturated carbocycles. The van der Waals surface area contributed by atoms with E-state index in [-0.39, 0.29) is 24.1 Å². The van der Waals surface area contributed by atoms with Crippen molar-refractivity contribution in [3.05, 3.63) is 63.9 Å². The summed E-state index contributed by atoms with van der Waals surface area (Å²) in [6, 6.07) is 12.8. The van der Waals surface area contributed by atoms with Gasteiger partial charge in [-0.15, -0.1) is 0 Å². The minimum absolute atomic E-state index is 0.0295. The van der Waals surface area contributed by atoms with Crippen molar-refractivity contribution in [1.29, 1.82) is 0 Å². The molecule has 1 unspecified atom stereocenters. The van der Waals surface area contributed by atoms with E-state index in [0.29, 0.717) is 12.0 Å². The van der Waals surface area contributed by atoms with Gasteiger partial charge in [0.05, 0.1) is 13.7 Å². The fourth-order valence-corrected chi connectivity index (χ4v) is 2.42. The van der Waals surface area contributed by atoms with Gasteiger partial charge < -0.3 is 9.84 Å². The monoisotopic (exact) mass is 338 g/mol. The molecule has 4 heteroatoms. The molecule has 0 aromatic heterocycles. The fraction of sp³-hybridized carbons (Fsp3) is 0.250. The number of rotatable bonds is 5. The smallest absolute Gasteiger partial charge is 0.168 e. The maximum absolute atomic E-state index is 14.1. The van der Waals surface area contributed by atoms with Gasteiger partial charge in [0.25, 0.3) is 0 Å². The average molecular weight is 339 g/mol. The lowest BCUT2D eigenvalue weighted by Crippen LogP contribution is -2.09.